The number of hydrogen-bond acceptors (Lipinski definition) is 8. The fourth-order valence-corrected chi connectivity index (χ4v) is 7.18. The van der Waals surface area contributed by atoms with Crippen molar-refractivity contribution in [3.05, 3.63) is 49.7 Å². The largest absolute Gasteiger partial charge is 0.508 e. The minimum atomic E-state index is -0.657. The molecule has 2 heterocycles. The molecular formula is C32H45NO6S. The number of carbonyl (C=O) groups is 2. The molecule has 1 fully saturated rings. The molecule has 1 N–H and O–H groups in total. The molecule has 1 aromatic carbocycles. The molecule has 1 aliphatic carbocycles. The van der Waals surface area contributed by atoms with Crippen molar-refractivity contribution in [2.45, 2.75) is 92.3 Å². The number of thiophene rings is 1. The van der Waals surface area contributed by atoms with Gasteiger partial charge in [-0.25, -0.2) is 4.79 Å². The number of aryl methyl sites for hydroxylation is 4. The first-order valence-corrected chi connectivity index (χ1v) is 15.4. The summed E-state index contributed by atoms with van der Waals surface area (Å²) in [6, 6.07) is 4.19. The van der Waals surface area contributed by atoms with Crippen molar-refractivity contribution in [2.75, 3.05) is 32.8 Å². The van der Waals surface area contributed by atoms with Crippen LogP contribution in [0.4, 0.5) is 4.79 Å². The lowest BCUT2D eigenvalue weighted by Gasteiger charge is -2.38. The van der Waals surface area contributed by atoms with Crippen LogP contribution in [0.25, 0.3) is 0 Å². The van der Waals surface area contributed by atoms with Gasteiger partial charge in [-0.1, -0.05) is 32.9 Å². The van der Waals surface area contributed by atoms with Gasteiger partial charge in [-0.3, -0.25) is 9.69 Å². The first-order valence-electron chi connectivity index (χ1n) is 14.6. The number of likely N-dealkylation sites (tertiary alicyclic amines) is 1. The first kappa shape index (κ1) is 30.5. The highest BCUT2D eigenvalue weighted by Crippen LogP contribution is 2.42. The van der Waals surface area contributed by atoms with Gasteiger partial charge in [0.1, 0.15) is 24.6 Å². The number of ether oxygens (including phenoxy) is 3. The summed E-state index contributed by atoms with van der Waals surface area (Å²) in [6.45, 7) is 14.7. The normalized spacial score (nSPS) is 17.6. The lowest BCUT2D eigenvalue weighted by atomic mass is 9.74. The van der Waals surface area contributed by atoms with Gasteiger partial charge in [-0.15, -0.1) is 11.3 Å². The van der Waals surface area contributed by atoms with E-state index in [-0.39, 0.29) is 18.5 Å². The van der Waals surface area contributed by atoms with Crippen LogP contribution in [-0.2, 0) is 35.2 Å². The summed E-state index contributed by atoms with van der Waals surface area (Å²) in [5.74, 6) is 1.05. The highest BCUT2D eigenvalue weighted by Gasteiger charge is 2.33. The Labute approximate surface area is 242 Å². The van der Waals surface area contributed by atoms with Crippen molar-refractivity contribution in [1.29, 1.82) is 0 Å². The zero-order chi connectivity index (χ0) is 29.0. The third-order valence-corrected chi connectivity index (χ3v) is 9.44. The van der Waals surface area contributed by atoms with Crippen LogP contribution < -0.4 is 4.74 Å². The summed E-state index contributed by atoms with van der Waals surface area (Å²) in [6.07, 6.45) is 3.93. The number of ketones is 1. The van der Waals surface area contributed by atoms with Crippen LogP contribution >= 0.6 is 11.3 Å². The molecule has 0 amide bonds. The molecule has 2 aliphatic rings. The summed E-state index contributed by atoms with van der Waals surface area (Å²) < 4.78 is 16.0. The van der Waals surface area contributed by atoms with Gasteiger partial charge < -0.3 is 19.3 Å². The molecule has 8 heteroatoms. The van der Waals surface area contributed by atoms with Crippen molar-refractivity contribution >= 4 is 23.3 Å². The predicted molar refractivity (Wildman–Crippen MR) is 158 cm³/mol. The number of benzene rings is 1. The average molecular weight is 572 g/mol. The van der Waals surface area contributed by atoms with E-state index < -0.39 is 12.3 Å². The van der Waals surface area contributed by atoms with Crippen molar-refractivity contribution < 1.29 is 28.9 Å². The number of Topliss-reactive ketones (excluding diaryl/α,β-unsaturated/α-hetero) is 1. The Morgan fingerprint density at radius 2 is 1.85 bits per heavy atom. The van der Waals surface area contributed by atoms with Crippen molar-refractivity contribution in [3.63, 3.8) is 0 Å². The van der Waals surface area contributed by atoms with E-state index in [9.17, 15) is 14.7 Å². The highest BCUT2D eigenvalue weighted by atomic mass is 32.1. The van der Waals surface area contributed by atoms with Gasteiger partial charge in [0.2, 0.25) is 0 Å². The van der Waals surface area contributed by atoms with Gasteiger partial charge in [0.05, 0.1) is 11.5 Å². The molecule has 0 radical (unpaired) electrons. The summed E-state index contributed by atoms with van der Waals surface area (Å²) in [7, 11) is 0. The Bertz CT molecular complexity index is 1190. The van der Waals surface area contributed by atoms with Gasteiger partial charge in [0.25, 0.3) is 0 Å². The van der Waals surface area contributed by atoms with E-state index in [0.717, 1.165) is 53.0 Å². The second-order valence-electron chi connectivity index (χ2n) is 12.1. The van der Waals surface area contributed by atoms with Crippen LogP contribution in [0.5, 0.6) is 5.75 Å². The minimum absolute atomic E-state index is 0.180. The second-order valence-corrected chi connectivity index (χ2v) is 13.2. The fraction of sp³-hybridized carbons (Fsp3) is 0.625. The fourth-order valence-electron chi connectivity index (χ4n) is 5.91. The van der Waals surface area contributed by atoms with Gasteiger partial charge in [-0.05, 0) is 86.1 Å². The lowest BCUT2D eigenvalue weighted by Crippen LogP contribution is -2.55. The zero-order valence-electron chi connectivity index (χ0n) is 24.9. The minimum Gasteiger partial charge on any atom is -0.490 e. The molecule has 0 saturated carbocycles. The van der Waals surface area contributed by atoms with Crippen molar-refractivity contribution in [2.24, 2.45) is 5.41 Å². The smallest absolute Gasteiger partial charge is 0.490 e. The third kappa shape index (κ3) is 7.45. The maximum Gasteiger partial charge on any atom is 0.508 e. The van der Waals surface area contributed by atoms with E-state index in [1.54, 1.807) is 18.3 Å². The molecule has 1 atom stereocenters. The SMILES string of the molecule is CCOC(=O)OC1CN(CC(O)COc2c(C)cc(CCC(=O)c3sc(CC)c4c3CCC(C)(C)C4)cc2C)C1. The monoisotopic (exact) mass is 571 g/mol. The number of aliphatic hydroxyl groups is 1. The number of rotatable bonds is 12. The van der Waals surface area contributed by atoms with Gasteiger partial charge in [0.15, 0.2) is 5.78 Å². The number of nitrogens with zero attached hydrogens (tertiary/aromatic N) is 1. The van der Waals surface area contributed by atoms with E-state index in [2.05, 4.69) is 32.9 Å². The van der Waals surface area contributed by atoms with E-state index in [1.165, 1.54) is 16.0 Å². The third-order valence-electron chi connectivity index (χ3n) is 7.98. The Morgan fingerprint density at radius 3 is 2.50 bits per heavy atom. The van der Waals surface area contributed by atoms with E-state index in [0.29, 0.717) is 44.5 Å². The maximum atomic E-state index is 13.3. The number of fused-ring (bicyclic) bond motifs is 1. The molecule has 1 aromatic heterocycles. The average Bonchev–Trinajstić information content (AvgIpc) is 3.22. The highest BCUT2D eigenvalue weighted by molar-refractivity contribution is 7.14. The summed E-state index contributed by atoms with van der Waals surface area (Å²) in [5.41, 5.74) is 6.22. The second kappa shape index (κ2) is 13.0. The topological polar surface area (TPSA) is 85.3 Å². The Hall–Kier alpha value is -2.42. The molecule has 4 rings (SSSR count). The molecule has 220 valence electrons. The zero-order valence-corrected chi connectivity index (χ0v) is 25.7. The Balaban J connectivity index is 1.27. The van der Waals surface area contributed by atoms with Gasteiger partial charge >= 0.3 is 6.16 Å². The molecule has 0 spiro atoms. The maximum absolute atomic E-state index is 13.3. The van der Waals surface area contributed by atoms with Crippen LogP contribution in [0.1, 0.15) is 82.9 Å². The first-order chi connectivity index (χ1) is 19.0. The summed E-state index contributed by atoms with van der Waals surface area (Å²) in [5, 5.41) is 10.5. The van der Waals surface area contributed by atoms with E-state index >= 15 is 0 Å². The Morgan fingerprint density at radius 1 is 1.15 bits per heavy atom. The number of β-amino-alcohol motifs (C(OH)–C–C–N with tert-alkyl or cyclic N) is 1. The number of carbonyl (C=O) groups excluding carboxylic acids is 2. The number of aliphatic hydroxyl groups excluding tert-OH is 1. The number of hydrogen-bond donors (Lipinski definition) is 1. The molecular weight excluding hydrogens is 526 g/mol. The molecule has 1 unspecified atom stereocenters. The van der Waals surface area contributed by atoms with Gasteiger partial charge in [0, 0.05) is 30.9 Å². The molecule has 40 heavy (non-hydrogen) atoms. The van der Waals surface area contributed by atoms with Gasteiger partial charge in [-0.2, -0.15) is 0 Å². The summed E-state index contributed by atoms with van der Waals surface area (Å²) >= 11 is 1.73. The molecule has 2 aromatic rings. The molecule has 1 saturated heterocycles. The standard InChI is InChI=1S/C32H45NO6S/c1-7-28-26-15-32(5,6)12-11-25(26)30(40-28)27(35)10-9-22-13-20(3)29(21(4)14-22)38-19-23(34)16-33-17-24(18-33)39-31(36)37-8-2/h13-14,23-24,34H,7-12,15-19H2,1-6H3. The lowest BCUT2D eigenvalue weighted by molar-refractivity contribution is -0.0588. The quantitative estimate of drug-likeness (QED) is 0.253. The summed E-state index contributed by atoms with van der Waals surface area (Å²) in [4.78, 5) is 29.1. The van der Waals surface area contributed by atoms with Crippen molar-refractivity contribution in [3.8, 4) is 5.75 Å². The molecule has 7 nitrogen and oxygen atoms in total. The Kier molecular flexibility index (Phi) is 9.96. The van der Waals surface area contributed by atoms with Crippen LogP contribution in [0.3, 0.4) is 0 Å². The van der Waals surface area contributed by atoms with Crippen LogP contribution in [0.2, 0.25) is 0 Å². The van der Waals surface area contributed by atoms with E-state index in [4.69, 9.17) is 14.2 Å². The predicted octanol–water partition coefficient (Wildman–Crippen LogP) is 5.85. The van der Waals surface area contributed by atoms with Crippen LogP contribution in [0, 0.1) is 19.3 Å². The molecule has 0 bridgehead atoms. The van der Waals surface area contributed by atoms with Crippen LogP contribution in [0.15, 0.2) is 12.1 Å². The molecule has 1 aliphatic heterocycles. The van der Waals surface area contributed by atoms with Crippen LogP contribution in [-0.4, -0.2) is 67.0 Å². The van der Waals surface area contributed by atoms with E-state index in [1.807, 2.05) is 18.7 Å². The van der Waals surface area contributed by atoms with Crippen molar-refractivity contribution in [1.82, 2.24) is 4.90 Å².